The van der Waals surface area contributed by atoms with Gasteiger partial charge in [-0.3, -0.25) is 9.98 Å². The third kappa shape index (κ3) is 2.17. The van der Waals surface area contributed by atoms with Crippen molar-refractivity contribution in [1.29, 1.82) is 0 Å². The second-order valence-corrected chi connectivity index (χ2v) is 5.05. The third-order valence-corrected chi connectivity index (χ3v) is 4.03. The monoisotopic (exact) mass is 264 g/mol. The van der Waals surface area contributed by atoms with E-state index in [-0.39, 0.29) is 17.4 Å². The predicted octanol–water partition coefficient (Wildman–Crippen LogP) is 2.25. The lowest BCUT2D eigenvalue weighted by molar-refractivity contribution is 0.142. The molecule has 1 aromatic rings. The van der Waals surface area contributed by atoms with E-state index in [4.69, 9.17) is 5.73 Å². The number of halogens is 1. The number of aromatic nitrogens is 1. The minimum absolute atomic E-state index is 0.276. The van der Waals surface area contributed by atoms with Crippen LogP contribution in [-0.2, 0) is 5.54 Å². The summed E-state index contributed by atoms with van der Waals surface area (Å²) in [4.78, 5) is 10.8. The van der Waals surface area contributed by atoms with Crippen LogP contribution in [0.25, 0.3) is 0 Å². The maximum Gasteiger partial charge on any atom is 0.192 e. The highest BCUT2D eigenvalue weighted by atomic mass is 19.1. The third-order valence-electron chi connectivity index (χ3n) is 4.03. The zero-order valence-corrected chi connectivity index (χ0v) is 11.7. The summed E-state index contributed by atoms with van der Waals surface area (Å²) in [5.74, 6) is 0.235. The van der Waals surface area contributed by atoms with Crippen LogP contribution in [0.3, 0.4) is 0 Å². The van der Waals surface area contributed by atoms with Crippen molar-refractivity contribution in [2.75, 3.05) is 6.54 Å². The van der Waals surface area contributed by atoms with Crippen molar-refractivity contribution in [1.82, 2.24) is 9.88 Å². The number of hydrogen-bond acceptors (Lipinski definition) is 4. The normalized spacial score (nSPS) is 24.4. The molecule has 0 aliphatic carbocycles. The van der Waals surface area contributed by atoms with Crippen molar-refractivity contribution in [3.63, 3.8) is 0 Å². The van der Waals surface area contributed by atoms with Crippen LogP contribution in [-0.4, -0.2) is 28.4 Å². The fourth-order valence-electron chi connectivity index (χ4n) is 2.73. The number of nitrogens with two attached hydrogens (primary N) is 1. The Balaban J connectivity index is 2.45. The molecule has 0 bridgehead atoms. The molecule has 1 aliphatic rings. The van der Waals surface area contributed by atoms with Gasteiger partial charge in [0.2, 0.25) is 0 Å². The first-order chi connectivity index (χ1) is 9.05. The summed E-state index contributed by atoms with van der Waals surface area (Å²) in [7, 11) is 0. The van der Waals surface area contributed by atoms with E-state index in [1.165, 1.54) is 12.3 Å². The predicted molar refractivity (Wildman–Crippen MR) is 74.2 cm³/mol. The molecule has 2 rings (SSSR count). The number of pyridine rings is 1. The molecule has 0 saturated carbocycles. The summed E-state index contributed by atoms with van der Waals surface area (Å²) < 4.78 is 13.1. The van der Waals surface area contributed by atoms with E-state index in [1.807, 2.05) is 0 Å². The van der Waals surface area contributed by atoms with Gasteiger partial charge < -0.3 is 10.6 Å². The Morgan fingerprint density at radius 3 is 2.74 bits per heavy atom. The van der Waals surface area contributed by atoms with Crippen LogP contribution < -0.4 is 5.73 Å². The second kappa shape index (κ2) is 5.15. The van der Waals surface area contributed by atoms with E-state index < -0.39 is 0 Å². The minimum atomic E-state index is -0.340. The molecular weight excluding hydrogens is 243 g/mol. The molecule has 2 atom stereocenters. The molecule has 1 aromatic heterocycles. The molecule has 2 N–H and O–H groups in total. The molecule has 0 radical (unpaired) electrons. The first kappa shape index (κ1) is 13.8. The first-order valence-electron chi connectivity index (χ1n) is 6.76. The second-order valence-electron chi connectivity index (χ2n) is 5.05. The van der Waals surface area contributed by atoms with E-state index in [0.717, 1.165) is 18.5 Å². The lowest BCUT2D eigenvalue weighted by Crippen LogP contribution is -2.53. The van der Waals surface area contributed by atoms with Crippen LogP contribution in [0.2, 0.25) is 0 Å². The van der Waals surface area contributed by atoms with E-state index >= 15 is 0 Å². The average molecular weight is 264 g/mol. The molecule has 104 valence electrons. The number of hydrogen-bond donors (Lipinski definition) is 1. The average Bonchev–Trinajstić information content (AvgIpc) is 2.77. The number of guanidine groups is 1. The van der Waals surface area contributed by atoms with Crippen LogP contribution >= 0.6 is 0 Å². The van der Waals surface area contributed by atoms with Crippen molar-refractivity contribution in [3.8, 4) is 0 Å². The molecule has 5 heteroatoms. The van der Waals surface area contributed by atoms with Crippen LogP contribution in [0.1, 0.15) is 39.3 Å². The molecular formula is C14H21FN4. The summed E-state index contributed by atoms with van der Waals surface area (Å²) in [5.41, 5.74) is 6.54. The molecule has 4 nitrogen and oxygen atoms in total. The smallest absolute Gasteiger partial charge is 0.192 e. The quantitative estimate of drug-likeness (QED) is 0.907. The summed E-state index contributed by atoms with van der Waals surface area (Å²) >= 11 is 0. The summed E-state index contributed by atoms with van der Waals surface area (Å²) in [6.45, 7) is 6.92. The van der Waals surface area contributed by atoms with Gasteiger partial charge in [-0.25, -0.2) is 4.39 Å². The topological polar surface area (TPSA) is 54.5 Å². The van der Waals surface area contributed by atoms with Gasteiger partial charge in [-0.2, -0.15) is 0 Å². The summed E-state index contributed by atoms with van der Waals surface area (Å²) in [5, 5.41) is 0. The highest BCUT2D eigenvalue weighted by Crippen LogP contribution is 2.37. The van der Waals surface area contributed by atoms with Crippen molar-refractivity contribution >= 4 is 5.96 Å². The zero-order chi connectivity index (χ0) is 14.0. The maximum atomic E-state index is 13.1. The summed E-state index contributed by atoms with van der Waals surface area (Å²) in [6.07, 6.45) is 3.06. The zero-order valence-electron chi connectivity index (χ0n) is 11.7. The van der Waals surface area contributed by atoms with E-state index in [9.17, 15) is 4.39 Å². The molecule has 2 unspecified atom stereocenters. The molecule has 0 saturated heterocycles. The Morgan fingerprint density at radius 2 is 2.21 bits per heavy atom. The van der Waals surface area contributed by atoms with Gasteiger partial charge in [0.05, 0.1) is 18.4 Å². The molecule has 1 aliphatic heterocycles. The van der Waals surface area contributed by atoms with E-state index in [0.29, 0.717) is 12.5 Å². The molecule has 0 amide bonds. The fraction of sp³-hybridized carbons (Fsp3) is 0.571. The van der Waals surface area contributed by atoms with Gasteiger partial charge in [0.15, 0.2) is 5.96 Å². The van der Waals surface area contributed by atoms with Gasteiger partial charge in [0.1, 0.15) is 11.4 Å². The molecule has 0 aromatic carbocycles. The molecule has 19 heavy (non-hydrogen) atoms. The highest BCUT2D eigenvalue weighted by Gasteiger charge is 2.45. The van der Waals surface area contributed by atoms with Gasteiger partial charge >= 0.3 is 0 Å². The van der Waals surface area contributed by atoms with Crippen LogP contribution in [0, 0.1) is 5.82 Å². The van der Waals surface area contributed by atoms with Crippen molar-refractivity contribution < 1.29 is 4.39 Å². The highest BCUT2D eigenvalue weighted by molar-refractivity contribution is 5.81. The van der Waals surface area contributed by atoms with Crippen molar-refractivity contribution in [2.24, 2.45) is 10.7 Å². The minimum Gasteiger partial charge on any atom is -0.370 e. The van der Waals surface area contributed by atoms with E-state index in [2.05, 4.69) is 35.6 Å². The van der Waals surface area contributed by atoms with Crippen LogP contribution in [0.15, 0.2) is 23.3 Å². The Morgan fingerprint density at radius 1 is 1.47 bits per heavy atom. The molecule has 0 fully saturated rings. The lowest BCUT2D eigenvalue weighted by Gasteiger charge is -2.41. The van der Waals surface area contributed by atoms with Crippen LogP contribution in [0.5, 0.6) is 0 Å². The van der Waals surface area contributed by atoms with Gasteiger partial charge in [0.25, 0.3) is 0 Å². The van der Waals surface area contributed by atoms with Gasteiger partial charge in [0, 0.05) is 6.04 Å². The van der Waals surface area contributed by atoms with Gasteiger partial charge in [-0.1, -0.05) is 13.8 Å². The molecule has 2 heterocycles. The Hall–Kier alpha value is -1.65. The SMILES string of the molecule is CCC(C)N1C(N)=NCC1(CC)c1ccc(F)cn1. The number of nitrogens with zero attached hydrogens (tertiary/aromatic N) is 3. The first-order valence-corrected chi connectivity index (χ1v) is 6.76. The summed E-state index contributed by atoms with van der Waals surface area (Å²) in [6, 6.07) is 3.46. The van der Waals surface area contributed by atoms with E-state index in [1.54, 1.807) is 6.07 Å². The standard InChI is InChI=1S/C14H21FN4/c1-4-10(3)19-13(16)18-9-14(19,5-2)12-7-6-11(15)8-17-12/h6-8,10H,4-5,9H2,1-3H3,(H2,16,18). The van der Waals surface area contributed by atoms with Gasteiger partial charge in [-0.05, 0) is 31.9 Å². The number of aliphatic imine (C=N–C) groups is 1. The van der Waals surface area contributed by atoms with Crippen molar-refractivity contribution in [2.45, 2.75) is 45.2 Å². The molecule has 0 spiro atoms. The van der Waals surface area contributed by atoms with Crippen molar-refractivity contribution in [3.05, 3.63) is 29.8 Å². The fourth-order valence-corrected chi connectivity index (χ4v) is 2.73. The largest absolute Gasteiger partial charge is 0.370 e. The Labute approximate surface area is 113 Å². The maximum absolute atomic E-state index is 13.1. The number of rotatable bonds is 4. The lowest BCUT2D eigenvalue weighted by atomic mass is 9.88. The van der Waals surface area contributed by atoms with Crippen LogP contribution in [0.4, 0.5) is 4.39 Å². The Kier molecular flexibility index (Phi) is 3.73. The van der Waals surface area contributed by atoms with Gasteiger partial charge in [-0.15, -0.1) is 0 Å². The Bertz CT molecular complexity index is 471.